The number of hydrogen-bond acceptors (Lipinski definition) is 5. The van der Waals surface area contributed by atoms with E-state index >= 15 is 0 Å². The van der Waals surface area contributed by atoms with Crippen LogP contribution in [0.4, 0.5) is 11.4 Å². The molecule has 0 bridgehead atoms. The van der Waals surface area contributed by atoms with Gasteiger partial charge in [-0.2, -0.15) is 0 Å². The van der Waals surface area contributed by atoms with Gasteiger partial charge in [0.1, 0.15) is 17.7 Å². The van der Waals surface area contributed by atoms with E-state index in [9.17, 15) is 9.59 Å². The van der Waals surface area contributed by atoms with Gasteiger partial charge in [0, 0.05) is 0 Å². The van der Waals surface area contributed by atoms with Gasteiger partial charge in [-0.15, -0.1) is 0 Å². The highest BCUT2D eigenvalue weighted by Gasteiger charge is 2.61. The Labute approximate surface area is 161 Å². The number of furan rings is 1. The van der Waals surface area contributed by atoms with E-state index in [4.69, 9.17) is 9.25 Å². The van der Waals surface area contributed by atoms with Crippen LogP contribution in [0.3, 0.4) is 0 Å². The van der Waals surface area contributed by atoms with Crippen molar-refractivity contribution in [3.05, 3.63) is 84.3 Å². The largest absolute Gasteiger partial charge is 0.467 e. The molecule has 2 saturated heterocycles. The Morgan fingerprint density at radius 3 is 2.36 bits per heavy atom. The van der Waals surface area contributed by atoms with Gasteiger partial charge in [0.05, 0.1) is 17.6 Å². The summed E-state index contributed by atoms with van der Waals surface area (Å²) in [5.74, 6) is -0.723. The molecule has 3 heterocycles. The third-order valence-corrected chi connectivity index (χ3v) is 5.22. The number of rotatable bonds is 3. The van der Waals surface area contributed by atoms with E-state index in [0.29, 0.717) is 11.4 Å². The van der Waals surface area contributed by atoms with Crippen LogP contribution >= 0.6 is 0 Å². The second-order valence-electron chi connectivity index (χ2n) is 7.02. The standard InChI is InChI=1S/C22H18N2O4/c1-14-7-5-10-16(13-14)23-21(25)18-19(17-11-6-12-27-17)24(28-20(18)22(23)26)15-8-3-2-4-9-15/h2-13,18-20H,1H3. The third-order valence-electron chi connectivity index (χ3n) is 5.22. The number of carbonyl (C=O) groups excluding carboxylic acids is 2. The number of anilines is 2. The number of carbonyl (C=O) groups is 2. The molecular formula is C22H18N2O4. The van der Waals surface area contributed by atoms with Gasteiger partial charge in [-0.05, 0) is 48.9 Å². The number of aryl methyl sites for hydroxylation is 1. The van der Waals surface area contributed by atoms with Crippen molar-refractivity contribution in [3.8, 4) is 0 Å². The summed E-state index contributed by atoms with van der Waals surface area (Å²) in [6.45, 7) is 1.93. The van der Waals surface area contributed by atoms with Gasteiger partial charge in [0.2, 0.25) is 5.91 Å². The lowest BCUT2D eigenvalue weighted by Crippen LogP contribution is -2.37. The Bertz CT molecular complexity index is 1030. The van der Waals surface area contributed by atoms with Gasteiger partial charge in [0.15, 0.2) is 6.10 Å². The number of para-hydroxylation sites is 1. The summed E-state index contributed by atoms with van der Waals surface area (Å²) in [4.78, 5) is 33.7. The summed E-state index contributed by atoms with van der Waals surface area (Å²) in [6.07, 6.45) is 0.675. The number of amides is 2. The van der Waals surface area contributed by atoms with E-state index in [-0.39, 0.29) is 11.8 Å². The van der Waals surface area contributed by atoms with Crippen molar-refractivity contribution in [1.29, 1.82) is 0 Å². The van der Waals surface area contributed by atoms with Crippen LogP contribution in [0.1, 0.15) is 17.4 Å². The van der Waals surface area contributed by atoms with Gasteiger partial charge in [-0.1, -0.05) is 30.3 Å². The van der Waals surface area contributed by atoms with Crippen LogP contribution in [0.15, 0.2) is 77.4 Å². The van der Waals surface area contributed by atoms with E-state index in [1.54, 1.807) is 29.5 Å². The number of benzene rings is 2. The molecule has 140 valence electrons. The lowest BCUT2D eigenvalue weighted by Gasteiger charge is -2.27. The fraction of sp³-hybridized carbons (Fsp3) is 0.182. The molecule has 3 unspecified atom stereocenters. The summed E-state index contributed by atoms with van der Waals surface area (Å²) in [7, 11) is 0. The zero-order valence-corrected chi connectivity index (χ0v) is 15.2. The third kappa shape index (κ3) is 2.46. The van der Waals surface area contributed by atoms with Crippen LogP contribution in [-0.4, -0.2) is 17.9 Å². The predicted octanol–water partition coefficient (Wildman–Crippen LogP) is 3.64. The Morgan fingerprint density at radius 1 is 0.857 bits per heavy atom. The zero-order valence-electron chi connectivity index (χ0n) is 15.2. The van der Waals surface area contributed by atoms with Gasteiger partial charge in [-0.3, -0.25) is 14.4 Å². The highest BCUT2D eigenvalue weighted by atomic mass is 16.7. The topological polar surface area (TPSA) is 63.0 Å². The Morgan fingerprint density at radius 2 is 1.64 bits per heavy atom. The van der Waals surface area contributed by atoms with Crippen LogP contribution in [-0.2, 0) is 14.4 Å². The molecule has 2 fully saturated rings. The monoisotopic (exact) mass is 374 g/mol. The molecule has 0 N–H and O–H groups in total. The average Bonchev–Trinajstić information content (AvgIpc) is 3.40. The average molecular weight is 374 g/mol. The minimum Gasteiger partial charge on any atom is -0.467 e. The van der Waals surface area contributed by atoms with E-state index in [2.05, 4.69) is 0 Å². The van der Waals surface area contributed by atoms with E-state index < -0.39 is 18.1 Å². The molecule has 5 rings (SSSR count). The molecule has 6 heteroatoms. The Balaban J connectivity index is 1.57. The van der Waals surface area contributed by atoms with Gasteiger partial charge in [0.25, 0.3) is 5.91 Å². The maximum Gasteiger partial charge on any atom is 0.266 e. The molecule has 0 radical (unpaired) electrons. The normalized spacial score (nSPS) is 24.1. The van der Waals surface area contributed by atoms with E-state index in [1.165, 1.54) is 4.90 Å². The first-order valence-corrected chi connectivity index (χ1v) is 9.14. The Kier molecular flexibility index (Phi) is 3.80. The fourth-order valence-corrected chi connectivity index (χ4v) is 3.98. The van der Waals surface area contributed by atoms with Crippen LogP contribution in [0, 0.1) is 12.8 Å². The van der Waals surface area contributed by atoms with Crippen LogP contribution < -0.4 is 9.96 Å². The number of nitrogens with zero attached hydrogens (tertiary/aromatic N) is 2. The van der Waals surface area contributed by atoms with E-state index in [1.807, 2.05) is 55.5 Å². The maximum atomic E-state index is 13.3. The summed E-state index contributed by atoms with van der Waals surface area (Å²) in [5, 5.41) is 1.62. The molecule has 2 aliphatic heterocycles. The molecule has 3 atom stereocenters. The molecule has 2 aliphatic rings. The van der Waals surface area contributed by atoms with Crippen molar-refractivity contribution < 1.29 is 18.8 Å². The van der Waals surface area contributed by atoms with Crippen LogP contribution in [0.2, 0.25) is 0 Å². The highest BCUT2D eigenvalue weighted by molar-refractivity contribution is 6.23. The van der Waals surface area contributed by atoms with Gasteiger partial charge >= 0.3 is 0 Å². The molecule has 0 saturated carbocycles. The molecule has 3 aromatic rings. The van der Waals surface area contributed by atoms with Crippen LogP contribution in [0.5, 0.6) is 0 Å². The number of hydrogen-bond donors (Lipinski definition) is 0. The predicted molar refractivity (Wildman–Crippen MR) is 102 cm³/mol. The molecule has 0 spiro atoms. The maximum absolute atomic E-state index is 13.3. The van der Waals surface area contributed by atoms with E-state index in [0.717, 1.165) is 11.3 Å². The SMILES string of the molecule is Cc1cccc(N2C(=O)C3ON(c4ccccc4)C(c4ccco4)C3C2=O)c1. The first-order valence-electron chi connectivity index (χ1n) is 9.14. The highest BCUT2D eigenvalue weighted by Crippen LogP contribution is 2.47. The number of fused-ring (bicyclic) bond motifs is 1. The van der Waals surface area contributed by atoms with Crippen molar-refractivity contribution in [2.75, 3.05) is 9.96 Å². The summed E-state index contributed by atoms with van der Waals surface area (Å²) < 4.78 is 5.62. The second kappa shape index (κ2) is 6.35. The lowest BCUT2D eigenvalue weighted by molar-refractivity contribution is -0.126. The summed E-state index contributed by atoms with van der Waals surface area (Å²) in [5.41, 5.74) is 2.31. The van der Waals surface area contributed by atoms with Crippen molar-refractivity contribution >= 4 is 23.2 Å². The molecule has 1 aromatic heterocycles. The molecule has 6 nitrogen and oxygen atoms in total. The second-order valence-corrected chi connectivity index (χ2v) is 7.02. The zero-order chi connectivity index (χ0) is 19.3. The van der Waals surface area contributed by atoms with Crippen molar-refractivity contribution in [2.45, 2.75) is 19.1 Å². The minimum absolute atomic E-state index is 0.277. The fourth-order valence-electron chi connectivity index (χ4n) is 3.98. The molecule has 2 aromatic carbocycles. The Hall–Kier alpha value is -3.38. The molecule has 2 amide bonds. The lowest BCUT2D eigenvalue weighted by atomic mass is 9.94. The van der Waals surface area contributed by atoms with Crippen molar-refractivity contribution in [1.82, 2.24) is 0 Å². The molecule has 0 aliphatic carbocycles. The molecular weight excluding hydrogens is 356 g/mol. The number of imide groups is 1. The summed E-state index contributed by atoms with van der Waals surface area (Å²) >= 11 is 0. The van der Waals surface area contributed by atoms with Gasteiger partial charge < -0.3 is 4.42 Å². The molecule has 28 heavy (non-hydrogen) atoms. The summed E-state index contributed by atoms with van der Waals surface area (Å²) in [6, 6.07) is 19.8. The first kappa shape index (κ1) is 16.8. The van der Waals surface area contributed by atoms with Crippen molar-refractivity contribution in [3.63, 3.8) is 0 Å². The first-order chi connectivity index (χ1) is 13.6. The van der Waals surface area contributed by atoms with Gasteiger partial charge in [-0.25, -0.2) is 9.96 Å². The quantitative estimate of drug-likeness (QED) is 0.655. The smallest absolute Gasteiger partial charge is 0.266 e. The van der Waals surface area contributed by atoms with Crippen molar-refractivity contribution in [2.24, 2.45) is 5.92 Å². The number of hydroxylamine groups is 1. The van der Waals surface area contributed by atoms with Crippen LogP contribution in [0.25, 0.3) is 0 Å². The minimum atomic E-state index is -0.886.